The average Bonchev–Trinajstić information content (AvgIpc) is 2.46. The summed E-state index contributed by atoms with van der Waals surface area (Å²) in [5.41, 5.74) is 1.27. The summed E-state index contributed by atoms with van der Waals surface area (Å²) < 4.78 is 23.8. The van der Waals surface area contributed by atoms with Gasteiger partial charge in [0.2, 0.25) is 0 Å². The number of rotatable bonds is 5. The molecule has 0 fully saturated rings. The minimum Gasteiger partial charge on any atom is -0.493 e. The summed E-state index contributed by atoms with van der Waals surface area (Å²) in [6, 6.07) is 9.36. The Labute approximate surface area is 121 Å². The molecule has 5 heteroatoms. The maximum absolute atomic E-state index is 13.0. The normalized spacial score (nSPS) is 10.4. The van der Waals surface area contributed by atoms with Crippen LogP contribution in [-0.4, -0.2) is 12.2 Å². The zero-order valence-corrected chi connectivity index (χ0v) is 11.7. The fourth-order valence-corrected chi connectivity index (χ4v) is 2.02. The van der Waals surface area contributed by atoms with E-state index in [1.807, 2.05) is 0 Å². The molecule has 0 amide bonds. The molecule has 2 rings (SSSR count). The van der Waals surface area contributed by atoms with Gasteiger partial charge in [0.05, 0.1) is 18.7 Å². The van der Waals surface area contributed by atoms with Crippen molar-refractivity contribution >= 4 is 11.6 Å². The van der Waals surface area contributed by atoms with Gasteiger partial charge >= 0.3 is 0 Å². The van der Waals surface area contributed by atoms with E-state index in [0.717, 1.165) is 0 Å². The molecule has 20 heavy (non-hydrogen) atoms. The minimum absolute atomic E-state index is 0.159. The van der Waals surface area contributed by atoms with Gasteiger partial charge in [0.25, 0.3) is 0 Å². The lowest BCUT2D eigenvalue weighted by atomic mass is 10.2. The summed E-state index contributed by atoms with van der Waals surface area (Å²) in [7, 11) is 1.52. The van der Waals surface area contributed by atoms with Crippen LogP contribution in [0.1, 0.15) is 11.1 Å². The Balaban J connectivity index is 2.22. The third-order valence-electron chi connectivity index (χ3n) is 2.84. The molecule has 0 spiro atoms. The van der Waals surface area contributed by atoms with E-state index in [1.54, 1.807) is 24.3 Å². The summed E-state index contributed by atoms with van der Waals surface area (Å²) in [6.45, 7) is -0.00380. The van der Waals surface area contributed by atoms with Crippen LogP contribution < -0.4 is 9.47 Å². The molecule has 3 nitrogen and oxygen atoms in total. The Morgan fingerprint density at radius 2 is 2.00 bits per heavy atom. The first-order valence-corrected chi connectivity index (χ1v) is 6.37. The van der Waals surface area contributed by atoms with Crippen LogP contribution in [0.5, 0.6) is 11.5 Å². The number of benzene rings is 2. The Hall–Kier alpha value is -1.78. The monoisotopic (exact) mass is 296 g/mol. The maximum Gasteiger partial charge on any atom is 0.167 e. The van der Waals surface area contributed by atoms with Crippen LogP contribution in [0.15, 0.2) is 36.4 Å². The van der Waals surface area contributed by atoms with Crippen molar-refractivity contribution in [1.82, 2.24) is 0 Å². The molecule has 0 radical (unpaired) electrons. The number of ether oxygens (including phenoxy) is 2. The molecule has 0 saturated heterocycles. The highest BCUT2D eigenvalue weighted by molar-refractivity contribution is 6.31. The first kappa shape index (κ1) is 14.6. The summed E-state index contributed by atoms with van der Waals surface area (Å²) in [5, 5.41) is 9.61. The van der Waals surface area contributed by atoms with Crippen molar-refractivity contribution in [3.05, 3.63) is 58.4 Å². The second kappa shape index (κ2) is 6.59. The summed E-state index contributed by atoms with van der Waals surface area (Å²) in [6.07, 6.45) is 0. The second-order valence-corrected chi connectivity index (χ2v) is 4.54. The van der Waals surface area contributed by atoms with Gasteiger partial charge in [-0.3, -0.25) is 0 Å². The summed E-state index contributed by atoms with van der Waals surface area (Å²) in [4.78, 5) is 0. The van der Waals surface area contributed by atoms with E-state index in [0.29, 0.717) is 27.6 Å². The van der Waals surface area contributed by atoms with Gasteiger partial charge in [-0.1, -0.05) is 29.8 Å². The molecule has 2 aromatic rings. The fraction of sp³-hybridized carbons (Fsp3) is 0.200. The maximum atomic E-state index is 13.0. The van der Waals surface area contributed by atoms with Crippen molar-refractivity contribution < 1.29 is 19.0 Å². The third kappa shape index (κ3) is 3.21. The number of halogens is 2. The molecule has 0 unspecified atom stereocenters. The smallest absolute Gasteiger partial charge is 0.167 e. The Morgan fingerprint density at radius 3 is 2.65 bits per heavy atom. The number of aliphatic hydroxyl groups excluding tert-OH is 1. The highest BCUT2D eigenvalue weighted by Gasteiger charge is 2.11. The molecule has 0 saturated carbocycles. The van der Waals surface area contributed by atoms with Crippen molar-refractivity contribution in [2.24, 2.45) is 0 Å². The number of para-hydroxylation sites is 1. The molecule has 0 heterocycles. The summed E-state index contributed by atoms with van der Waals surface area (Å²) in [5.74, 6) is 0.583. The molecule has 0 atom stereocenters. The lowest BCUT2D eigenvalue weighted by Crippen LogP contribution is -2.02. The molecule has 0 aromatic heterocycles. The van der Waals surface area contributed by atoms with Crippen LogP contribution in [0.4, 0.5) is 4.39 Å². The van der Waals surface area contributed by atoms with E-state index in [9.17, 15) is 9.50 Å². The molecule has 0 aliphatic rings. The highest BCUT2D eigenvalue weighted by atomic mass is 35.5. The number of hydrogen-bond acceptors (Lipinski definition) is 3. The predicted molar refractivity (Wildman–Crippen MR) is 74.7 cm³/mol. The first-order valence-electron chi connectivity index (χ1n) is 5.99. The zero-order valence-electron chi connectivity index (χ0n) is 10.9. The molecule has 2 aromatic carbocycles. The highest BCUT2D eigenvalue weighted by Crippen LogP contribution is 2.32. The van der Waals surface area contributed by atoms with Crippen LogP contribution in [0.25, 0.3) is 0 Å². The van der Waals surface area contributed by atoms with Gasteiger partial charge in [0.15, 0.2) is 11.5 Å². The van der Waals surface area contributed by atoms with Crippen molar-refractivity contribution in [2.45, 2.75) is 13.2 Å². The SMILES string of the molecule is COc1cccc(CO)c1OCc1ccc(F)cc1Cl. The number of methoxy groups -OCH3 is 1. The van der Waals surface area contributed by atoms with E-state index < -0.39 is 5.82 Å². The molecule has 0 aliphatic carbocycles. The molecular formula is C15H14ClFO3. The van der Waals surface area contributed by atoms with Crippen LogP contribution in [0.2, 0.25) is 5.02 Å². The Kier molecular flexibility index (Phi) is 4.82. The summed E-state index contributed by atoms with van der Waals surface area (Å²) >= 11 is 5.94. The molecule has 1 N–H and O–H groups in total. The molecule has 0 aliphatic heterocycles. The van der Waals surface area contributed by atoms with Gasteiger partial charge in [-0.25, -0.2) is 4.39 Å². The minimum atomic E-state index is -0.396. The standard InChI is InChI=1S/C15H14ClFO3/c1-19-14-4-2-3-10(8-18)15(14)20-9-11-5-6-12(17)7-13(11)16/h2-7,18H,8-9H2,1H3. The third-order valence-corrected chi connectivity index (χ3v) is 3.19. The average molecular weight is 297 g/mol. The molecular weight excluding hydrogens is 283 g/mol. The van der Waals surface area contributed by atoms with Crippen molar-refractivity contribution in [2.75, 3.05) is 7.11 Å². The van der Waals surface area contributed by atoms with Gasteiger partial charge in [-0.05, 0) is 18.2 Å². The van der Waals surface area contributed by atoms with Crippen LogP contribution in [0, 0.1) is 5.82 Å². The first-order chi connectivity index (χ1) is 9.65. The van der Waals surface area contributed by atoms with E-state index in [1.165, 1.54) is 19.2 Å². The van der Waals surface area contributed by atoms with Gasteiger partial charge in [0.1, 0.15) is 12.4 Å². The van der Waals surface area contributed by atoms with E-state index in [2.05, 4.69) is 0 Å². The largest absolute Gasteiger partial charge is 0.493 e. The van der Waals surface area contributed by atoms with Crippen LogP contribution >= 0.6 is 11.6 Å². The fourth-order valence-electron chi connectivity index (χ4n) is 1.80. The van der Waals surface area contributed by atoms with Crippen LogP contribution in [-0.2, 0) is 13.2 Å². The van der Waals surface area contributed by atoms with Gasteiger partial charge < -0.3 is 14.6 Å². The quantitative estimate of drug-likeness (QED) is 0.917. The van der Waals surface area contributed by atoms with Gasteiger partial charge in [-0.15, -0.1) is 0 Å². The Morgan fingerprint density at radius 1 is 1.20 bits per heavy atom. The van der Waals surface area contributed by atoms with E-state index in [-0.39, 0.29) is 13.2 Å². The lowest BCUT2D eigenvalue weighted by Gasteiger charge is -2.14. The van der Waals surface area contributed by atoms with Crippen molar-refractivity contribution in [3.63, 3.8) is 0 Å². The topological polar surface area (TPSA) is 38.7 Å². The van der Waals surface area contributed by atoms with Crippen molar-refractivity contribution in [1.29, 1.82) is 0 Å². The van der Waals surface area contributed by atoms with E-state index in [4.69, 9.17) is 21.1 Å². The second-order valence-electron chi connectivity index (χ2n) is 4.13. The van der Waals surface area contributed by atoms with Crippen LogP contribution in [0.3, 0.4) is 0 Å². The van der Waals surface area contributed by atoms with E-state index >= 15 is 0 Å². The Bertz CT molecular complexity index is 579. The zero-order chi connectivity index (χ0) is 14.5. The molecule has 0 bridgehead atoms. The van der Waals surface area contributed by atoms with Gasteiger partial charge in [-0.2, -0.15) is 0 Å². The predicted octanol–water partition coefficient (Wildman–Crippen LogP) is 3.56. The van der Waals surface area contributed by atoms with Gasteiger partial charge in [0, 0.05) is 11.1 Å². The molecule has 106 valence electrons. The van der Waals surface area contributed by atoms with Crippen molar-refractivity contribution in [3.8, 4) is 11.5 Å². The number of hydrogen-bond donors (Lipinski definition) is 1. The lowest BCUT2D eigenvalue weighted by molar-refractivity contribution is 0.250. The number of aliphatic hydroxyl groups is 1.